The van der Waals surface area contributed by atoms with Crippen molar-refractivity contribution in [1.82, 2.24) is 10.2 Å². The van der Waals surface area contributed by atoms with E-state index in [0.29, 0.717) is 18.2 Å². The molecule has 0 saturated carbocycles. The molecular weight excluding hydrogens is 339 g/mol. The molecule has 3 N–H and O–H groups in total. The monoisotopic (exact) mass is 366 g/mol. The summed E-state index contributed by atoms with van der Waals surface area (Å²) >= 11 is 2.00. The van der Waals surface area contributed by atoms with Gasteiger partial charge in [0.2, 0.25) is 5.91 Å². The summed E-state index contributed by atoms with van der Waals surface area (Å²) in [6, 6.07) is 6.17. The number of hydrogen-bond donors (Lipinski definition) is 2. The highest BCUT2D eigenvalue weighted by molar-refractivity contribution is 8.00. The Bertz CT molecular complexity index is 593. The maximum atomic E-state index is 13.0. The molecule has 1 amide bonds. The van der Waals surface area contributed by atoms with Crippen molar-refractivity contribution in [3.63, 3.8) is 0 Å². The van der Waals surface area contributed by atoms with Gasteiger partial charge in [0.25, 0.3) is 0 Å². The molecule has 2 atom stereocenters. The van der Waals surface area contributed by atoms with Crippen LogP contribution in [0, 0.1) is 11.7 Å². The first-order chi connectivity index (χ1) is 12.0. The predicted molar refractivity (Wildman–Crippen MR) is 102 cm³/mol. The van der Waals surface area contributed by atoms with Crippen LogP contribution in [0.4, 0.5) is 4.39 Å². The number of nitrogens with two attached hydrogens (primary N) is 1. The number of aliphatic imine (C=N–C) groups is 1. The second kappa shape index (κ2) is 9.65. The van der Waals surface area contributed by atoms with E-state index in [-0.39, 0.29) is 17.6 Å². The van der Waals surface area contributed by atoms with Crippen LogP contribution < -0.4 is 11.1 Å². The third kappa shape index (κ3) is 5.92. The molecule has 2 unspecified atom stereocenters. The zero-order valence-corrected chi connectivity index (χ0v) is 15.7. The van der Waals surface area contributed by atoms with E-state index in [1.165, 1.54) is 12.1 Å². The fourth-order valence-corrected chi connectivity index (χ4v) is 4.06. The van der Waals surface area contributed by atoms with E-state index in [2.05, 4.69) is 22.1 Å². The number of primary amides is 1. The first-order valence-corrected chi connectivity index (χ1v) is 9.69. The van der Waals surface area contributed by atoms with Gasteiger partial charge in [0.1, 0.15) is 5.82 Å². The van der Waals surface area contributed by atoms with E-state index >= 15 is 0 Å². The molecule has 25 heavy (non-hydrogen) atoms. The Morgan fingerprint density at radius 2 is 2.20 bits per heavy atom. The molecule has 1 saturated heterocycles. The fraction of sp³-hybridized carbons (Fsp3) is 0.556. The van der Waals surface area contributed by atoms with Gasteiger partial charge in [-0.05, 0) is 30.5 Å². The minimum atomic E-state index is -0.372. The minimum absolute atomic E-state index is 0.286. The summed E-state index contributed by atoms with van der Waals surface area (Å²) < 4.78 is 13.0. The number of carbonyl (C=O) groups is 1. The Morgan fingerprint density at radius 1 is 1.48 bits per heavy atom. The lowest BCUT2D eigenvalue weighted by Gasteiger charge is -2.34. The maximum absolute atomic E-state index is 13.0. The zero-order valence-electron chi connectivity index (χ0n) is 14.9. The summed E-state index contributed by atoms with van der Waals surface area (Å²) in [6.45, 7) is 4.52. The average Bonchev–Trinajstić information content (AvgIpc) is 2.63. The standard InChI is InChI=1S/C18H27FN4OS/c1-3-16-12-23(8-9-25-16)18(21-2)22-11-14(17(20)24)10-13-4-6-15(19)7-5-13/h4-7,14,16H,3,8-12H2,1-2H3,(H2,20,24)(H,21,22). The normalized spacial score (nSPS) is 19.6. The van der Waals surface area contributed by atoms with Crippen molar-refractivity contribution in [2.24, 2.45) is 16.6 Å². The van der Waals surface area contributed by atoms with Gasteiger partial charge in [-0.3, -0.25) is 9.79 Å². The van der Waals surface area contributed by atoms with Crippen molar-refractivity contribution in [2.75, 3.05) is 32.4 Å². The molecule has 1 aromatic rings. The third-order valence-corrected chi connectivity index (χ3v) is 5.78. The van der Waals surface area contributed by atoms with Crippen molar-refractivity contribution >= 4 is 23.6 Å². The van der Waals surface area contributed by atoms with Crippen LogP contribution in [0.25, 0.3) is 0 Å². The second-order valence-electron chi connectivity index (χ2n) is 6.21. The summed E-state index contributed by atoms with van der Waals surface area (Å²) in [6.07, 6.45) is 1.61. The van der Waals surface area contributed by atoms with Gasteiger partial charge in [-0.15, -0.1) is 0 Å². The second-order valence-corrected chi connectivity index (χ2v) is 7.61. The van der Waals surface area contributed by atoms with Crippen molar-refractivity contribution < 1.29 is 9.18 Å². The Morgan fingerprint density at radius 3 is 2.80 bits per heavy atom. The molecule has 1 aliphatic rings. The molecule has 5 nitrogen and oxygen atoms in total. The van der Waals surface area contributed by atoms with Crippen LogP contribution in [0.2, 0.25) is 0 Å². The van der Waals surface area contributed by atoms with Crippen LogP contribution in [0.5, 0.6) is 0 Å². The number of amides is 1. The first kappa shape index (κ1) is 19.6. The number of hydrogen-bond acceptors (Lipinski definition) is 3. The van der Waals surface area contributed by atoms with Crippen molar-refractivity contribution in [3.8, 4) is 0 Å². The first-order valence-electron chi connectivity index (χ1n) is 8.64. The molecule has 0 aromatic heterocycles. The number of carbonyl (C=O) groups excluding carboxylic acids is 1. The van der Waals surface area contributed by atoms with Crippen LogP contribution in [0.3, 0.4) is 0 Å². The molecule has 0 aliphatic carbocycles. The van der Waals surface area contributed by atoms with E-state index < -0.39 is 0 Å². The van der Waals surface area contributed by atoms with E-state index in [1.807, 2.05) is 11.8 Å². The van der Waals surface area contributed by atoms with Gasteiger partial charge in [-0.25, -0.2) is 4.39 Å². The minimum Gasteiger partial charge on any atom is -0.369 e. The number of guanidine groups is 1. The lowest BCUT2D eigenvalue weighted by atomic mass is 9.98. The molecule has 1 aromatic carbocycles. The summed E-state index contributed by atoms with van der Waals surface area (Å²) in [4.78, 5) is 18.4. The number of nitrogens with one attached hydrogen (secondary N) is 1. The molecule has 0 bridgehead atoms. The smallest absolute Gasteiger partial charge is 0.222 e. The largest absolute Gasteiger partial charge is 0.369 e. The Labute approximate surface area is 153 Å². The van der Waals surface area contributed by atoms with Gasteiger partial charge >= 0.3 is 0 Å². The Balaban J connectivity index is 1.94. The van der Waals surface area contributed by atoms with Gasteiger partial charge in [-0.1, -0.05) is 19.1 Å². The van der Waals surface area contributed by atoms with Crippen molar-refractivity contribution in [2.45, 2.75) is 25.0 Å². The molecule has 1 fully saturated rings. The summed E-state index contributed by atoms with van der Waals surface area (Å²) in [5, 5.41) is 3.90. The molecule has 1 heterocycles. The number of benzene rings is 1. The number of rotatable bonds is 6. The Kier molecular flexibility index (Phi) is 7.55. The van der Waals surface area contributed by atoms with E-state index in [9.17, 15) is 9.18 Å². The molecule has 138 valence electrons. The van der Waals surface area contributed by atoms with E-state index in [1.54, 1.807) is 19.2 Å². The van der Waals surface area contributed by atoms with Crippen LogP contribution in [-0.4, -0.2) is 54.5 Å². The van der Waals surface area contributed by atoms with E-state index in [0.717, 1.165) is 36.8 Å². The fourth-order valence-electron chi connectivity index (χ4n) is 2.88. The van der Waals surface area contributed by atoms with Gasteiger partial charge < -0.3 is 16.0 Å². The highest BCUT2D eigenvalue weighted by atomic mass is 32.2. The summed E-state index contributed by atoms with van der Waals surface area (Å²) in [5.74, 6) is 0.861. The van der Waals surface area contributed by atoms with Crippen LogP contribution >= 0.6 is 11.8 Å². The number of halogens is 1. The van der Waals surface area contributed by atoms with E-state index in [4.69, 9.17) is 5.73 Å². The van der Waals surface area contributed by atoms with Crippen LogP contribution in [0.1, 0.15) is 18.9 Å². The average molecular weight is 367 g/mol. The predicted octanol–water partition coefficient (Wildman–Crippen LogP) is 1.87. The molecule has 0 spiro atoms. The molecule has 2 rings (SSSR count). The number of thioether (sulfide) groups is 1. The lowest BCUT2D eigenvalue weighted by Crippen LogP contribution is -2.50. The number of nitrogens with zero attached hydrogens (tertiary/aromatic N) is 2. The summed E-state index contributed by atoms with van der Waals surface area (Å²) in [5.41, 5.74) is 6.45. The van der Waals surface area contributed by atoms with Gasteiger partial charge in [0, 0.05) is 37.7 Å². The highest BCUT2D eigenvalue weighted by Gasteiger charge is 2.23. The molecular formula is C18H27FN4OS. The quantitative estimate of drug-likeness (QED) is 0.596. The van der Waals surface area contributed by atoms with Crippen LogP contribution in [0.15, 0.2) is 29.3 Å². The molecule has 7 heteroatoms. The van der Waals surface area contributed by atoms with Gasteiger partial charge in [0.15, 0.2) is 5.96 Å². The van der Waals surface area contributed by atoms with Crippen LogP contribution in [-0.2, 0) is 11.2 Å². The maximum Gasteiger partial charge on any atom is 0.222 e. The van der Waals surface area contributed by atoms with Crippen molar-refractivity contribution in [1.29, 1.82) is 0 Å². The zero-order chi connectivity index (χ0) is 18.2. The highest BCUT2D eigenvalue weighted by Crippen LogP contribution is 2.21. The topological polar surface area (TPSA) is 70.7 Å². The van der Waals surface area contributed by atoms with Crippen molar-refractivity contribution in [3.05, 3.63) is 35.6 Å². The SMILES string of the molecule is CCC1CN(C(=NC)NCC(Cc2ccc(F)cc2)C(N)=O)CCS1. The molecule has 1 aliphatic heterocycles. The Hall–Kier alpha value is -1.76. The lowest BCUT2D eigenvalue weighted by molar-refractivity contribution is -0.121. The van der Waals surface area contributed by atoms with Gasteiger partial charge in [-0.2, -0.15) is 11.8 Å². The third-order valence-electron chi connectivity index (χ3n) is 4.41. The van der Waals surface area contributed by atoms with Gasteiger partial charge in [0.05, 0.1) is 5.92 Å². The summed E-state index contributed by atoms with van der Waals surface area (Å²) in [7, 11) is 1.75. The molecule has 0 radical (unpaired) electrons.